The number of benzene rings is 1. The van der Waals surface area contributed by atoms with Gasteiger partial charge in [0.2, 0.25) is 5.91 Å². The molecular weight excluding hydrogens is 248 g/mol. The zero-order valence-corrected chi connectivity index (χ0v) is 12.2. The van der Waals surface area contributed by atoms with Gasteiger partial charge in [0, 0.05) is 13.1 Å². The predicted octanol–water partition coefficient (Wildman–Crippen LogP) is 2.30. The number of likely N-dealkylation sites (N-methyl/N-ethyl adjacent to an activating group) is 1. The van der Waals surface area contributed by atoms with Crippen molar-refractivity contribution in [3.63, 3.8) is 0 Å². The third kappa shape index (κ3) is 2.14. The molecule has 2 fully saturated rings. The Hall–Kier alpha value is -1.35. The molecule has 108 valence electrons. The number of carbonyl (C=O) groups is 1. The number of nitrogens with zero attached hydrogens (tertiary/aromatic N) is 1. The van der Waals surface area contributed by atoms with Gasteiger partial charge in [-0.05, 0) is 43.7 Å². The minimum absolute atomic E-state index is 0.238. The summed E-state index contributed by atoms with van der Waals surface area (Å²) < 4.78 is 0. The first-order valence-electron chi connectivity index (χ1n) is 7.72. The topological polar surface area (TPSA) is 46.3 Å². The van der Waals surface area contributed by atoms with E-state index >= 15 is 0 Å². The molecule has 3 heteroatoms. The molecule has 0 aliphatic heterocycles. The largest absolute Gasteiger partial charge is 0.342 e. The van der Waals surface area contributed by atoms with Crippen molar-refractivity contribution in [3.8, 4) is 0 Å². The maximum Gasteiger partial charge on any atom is 0.233 e. The number of hydrogen-bond donors (Lipinski definition) is 1. The molecule has 0 heterocycles. The van der Waals surface area contributed by atoms with Crippen LogP contribution in [0.4, 0.5) is 0 Å². The van der Waals surface area contributed by atoms with Crippen molar-refractivity contribution >= 4 is 5.91 Å². The second-order valence-electron chi connectivity index (χ2n) is 6.36. The van der Waals surface area contributed by atoms with Gasteiger partial charge in [0.15, 0.2) is 0 Å². The molecule has 0 saturated heterocycles. The van der Waals surface area contributed by atoms with E-state index in [-0.39, 0.29) is 5.41 Å². The van der Waals surface area contributed by atoms with Crippen LogP contribution in [-0.4, -0.2) is 30.4 Å². The van der Waals surface area contributed by atoms with Crippen LogP contribution in [0.2, 0.25) is 0 Å². The summed E-state index contributed by atoms with van der Waals surface area (Å²) in [4.78, 5) is 15.0. The van der Waals surface area contributed by atoms with E-state index in [0.29, 0.717) is 24.4 Å². The molecule has 1 amide bonds. The van der Waals surface area contributed by atoms with E-state index < -0.39 is 0 Å². The van der Waals surface area contributed by atoms with Gasteiger partial charge in [0.05, 0.1) is 5.41 Å². The second kappa shape index (κ2) is 5.21. The first kappa shape index (κ1) is 13.6. The van der Waals surface area contributed by atoms with E-state index in [2.05, 4.69) is 12.1 Å². The number of amides is 1. The van der Waals surface area contributed by atoms with E-state index in [1.54, 1.807) is 0 Å². The number of rotatable bonds is 4. The molecule has 0 spiro atoms. The molecule has 2 unspecified atom stereocenters. The average molecular weight is 272 g/mol. The number of hydrogen-bond acceptors (Lipinski definition) is 2. The van der Waals surface area contributed by atoms with Crippen LogP contribution >= 0.6 is 0 Å². The second-order valence-corrected chi connectivity index (χ2v) is 6.36. The van der Waals surface area contributed by atoms with Gasteiger partial charge in [-0.25, -0.2) is 0 Å². The van der Waals surface area contributed by atoms with Gasteiger partial charge >= 0.3 is 0 Å². The molecule has 0 aromatic heterocycles. The van der Waals surface area contributed by atoms with Gasteiger partial charge < -0.3 is 10.6 Å². The molecule has 3 rings (SSSR count). The molecule has 2 aliphatic rings. The van der Waals surface area contributed by atoms with Crippen LogP contribution < -0.4 is 5.73 Å². The summed E-state index contributed by atoms with van der Waals surface area (Å²) in [6, 6.07) is 10.6. The fourth-order valence-corrected chi connectivity index (χ4v) is 3.80. The van der Waals surface area contributed by atoms with Crippen molar-refractivity contribution in [1.29, 1.82) is 0 Å². The molecule has 3 nitrogen and oxygen atoms in total. The van der Waals surface area contributed by atoms with Crippen molar-refractivity contribution in [2.45, 2.75) is 43.6 Å². The fraction of sp³-hybridized carbons (Fsp3) is 0.588. The summed E-state index contributed by atoms with van der Waals surface area (Å²) in [6.45, 7) is 0.695. The quantitative estimate of drug-likeness (QED) is 0.914. The highest BCUT2D eigenvalue weighted by atomic mass is 16.2. The standard InChI is InChI=1S/C17H24N2O/c1-19(15-9-5-6-13(15)12-18)16(20)17(10-11-17)14-7-3-2-4-8-14/h2-4,7-8,13,15H,5-6,9-12,18H2,1H3. The van der Waals surface area contributed by atoms with Crippen LogP contribution in [-0.2, 0) is 10.2 Å². The predicted molar refractivity (Wildman–Crippen MR) is 80.3 cm³/mol. The molecule has 20 heavy (non-hydrogen) atoms. The minimum Gasteiger partial charge on any atom is -0.342 e. The number of carbonyl (C=O) groups excluding carboxylic acids is 1. The zero-order chi connectivity index (χ0) is 14.2. The Labute approximate surface area is 121 Å². The highest BCUT2D eigenvalue weighted by molar-refractivity contribution is 5.91. The van der Waals surface area contributed by atoms with Gasteiger partial charge in [-0.1, -0.05) is 36.8 Å². The van der Waals surface area contributed by atoms with E-state index in [4.69, 9.17) is 5.73 Å². The smallest absolute Gasteiger partial charge is 0.233 e. The SMILES string of the molecule is CN(C(=O)C1(c2ccccc2)CC1)C1CCCC1CN. The Morgan fingerprint density at radius 2 is 2.00 bits per heavy atom. The van der Waals surface area contributed by atoms with Gasteiger partial charge in [-0.3, -0.25) is 4.79 Å². The summed E-state index contributed by atoms with van der Waals surface area (Å²) in [6.07, 6.45) is 5.44. The third-order valence-electron chi connectivity index (χ3n) is 5.23. The molecule has 2 saturated carbocycles. The first-order chi connectivity index (χ1) is 9.69. The number of nitrogens with two attached hydrogens (primary N) is 1. The maximum atomic E-state index is 13.0. The maximum absolute atomic E-state index is 13.0. The third-order valence-corrected chi connectivity index (χ3v) is 5.23. The van der Waals surface area contributed by atoms with Crippen LogP contribution in [0.25, 0.3) is 0 Å². The van der Waals surface area contributed by atoms with Crippen molar-refractivity contribution in [1.82, 2.24) is 4.90 Å². The van der Waals surface area contributed by atoms with Crippen molar-refractivity contribution in [2.24, 2.45) is 11.7 Å². The molecule has 2 N–H and O–H groups in total. The summed E-state index contributed by atoms with van der Waals surface area (Å²) >= 11 is 0. The monoisotopic (exact) mass is 272 g/mol. The van der Waals surface area contributed by atoms with E-state index in [1.807, 2.05) is 30.1 Å². The molecule has 2 atom stereocenters. The van der Waals surface area contributed by atoms with Gasteiger partial charge in [0.25, 0.3) is 0 Å². The van der Waals surface area contributed by atoms with Crippen molar-refractivity contribution in [3.05, 3.63) is 35.9 Å². The van der Waals surface area contributed by atoms with Crippen molar-refractivity contribution in [2.75, 3.05) is 13.6 Å². The normalized spacial score (nSPS) is 27.3. The lowest BCUT2D eigenvalue weighted by molar-refractivity contribution is -0.135. The van der Waals surface area contributed by atoms with Crippen LogP contribution in [0.15, 0.2) is 30.3 Å². The highest BCUT2D eigenvalue weighted by Gasteiger charge is 2.53. The van der Waals surface area contributed by atoms with Crippen LogP contribution in [0, 0.1) is 5.92 Å². The van der Waals surface area contributed by atoms with Crippen LogP contribution in [0.5, 0.6) is 0 Å². The Morgan fingerprint density at radius 3 is 2.60 bits per heavy atom. The van der Waals surface area contributed by atoms with Crippen LogP contribution in [0.3, 0.4) is 0 Å². The zero-order valence-electron chi connectivity index (χ0n) is 12.2. The lowest BCUT2D eigenvalue weighted by atomic mass is 9.92. The van der Waals surface area contributed by atoms with E-state index in [1.165, 1.54) is 12.0 Å². The average Bonchev–Trinajstić information content (AvgIpc) is 3.17. The fourth-order valence-electron chi connectivity index (χ4n) is 3.80. The summed E-state index contributed by atoms with van der Waals surface area (Å²) in [5.74, 6) is 0.782. The summed E-state index contributed by atoms with van der Waals surface area (Å²) in [7, 11) is 1.98. The summed E-state index contributed by atoms with van der Waals surface area (Å²) in [5, 5.41) is 0. The van der Waals surface area contributed by atoms with E-state index in [0.717, 1.165) is 25.7 Å². The molecular formula is C17H24N2O. The van der Waals surface area contributed by atoms with Gasteiger partial charge in [-0.2, -0.15) is 0 Å². The Kier molecular flexibility index (Phi) is 3.55. The van der Waals surface area contributed by atoms with Gasteiger partial charge in [0.1, 0.15) is 0 Å². The summed E-state index contributed by atoms with van der Waals surface area (Å²) in [5.41, 5.74) is 6.80. The molecule has 2 aliphatic carbocycles. The molecule has 1 aromatic carbocycles. The molecule has 1 aromatic rings. The molecule has 0 radical (unpaired) electrons. The minimum atomic E-state index is -0.238. The Morgan fingerprint density at radius 1 is 1.30 bits per heavy atom. The molecule has 0 bridgehead atoms. The lowest BCUT2D eigenvalue weighted by Crippen LogP contribution is -2.46. The Bertz CT molecular complexity index is 481. The Balaban J connectivity index is 1.79. The van der Waals surface area contributed by atoms with E-state index in [9.17, 15) is 4.79 Å². The van der Waals surface area contributed by atoms with Crippen molar-refractivity contribution < 1.29 is 4.79 Å². The van der Waals surface area contributed by atoms with Gasteiger partial charge in [-0.15, -0.1) is 0 Å². The lowest BCUT2D eigenvalue weighted by Gasteiger charge is -2.32. The highest BCUT2D eigenvalue weighted by Crippen LogP contribution is 2.50. The van der Waals surface area contributed by atoms with Crippen LogP contribution in [0.1, 0.15) is 37.7 Å². The first-order valence-corrected chi connectivity index (χ1v) is 7.72.